The molecule has 2 aromatic rings. The topological polar surface area (TPSA) is 42.9 Å². The Morgan fingerprint density at radius 1 is 1.53 bits per heavy atom. The third-order valence-corrected chi connectivity index (χ3v) is 4.80. The molecule has 2 rings (SSSR count). The van der Waals surface area contributed by atoms with Gasteiger partial charge in [-0.15, -0.1) is 11.3 Å². The van der Waals surface area contributed by atoms with Gasteiger partial charge >= 0.3 is 0 Å². The summed E-state index contributed by atoms with van der Waals surface area (Å²) in [6.07, 6.45) is 2.70. The van der Waals surface area contributed by atoms with Gasteiger partial charge in [0.05, 0.1) is 15.5 Å². The third-order valence-electron chi connectivity index (χ3n) is 1.95. The summed E-state index contributed by atoms with van der Waals surface area (Å²) in [4.78, 5) is 8.49. The van der Waals surface area contributed by atoms with Crippen LogP contribution in [0.2, 0.25) is 0 Å². The van der Waals surface area contributed by atoms with Gasteiger partial charge in [-0.05, 0) is 25.0 Å². The molecule has 0 spiro atoms. The van der Waals surface area contributed by atoms with E-state index < -0.39 is 10.8 Å². The Balaban J connectivity index is 2.42. The molecule has 0 aliphatic rings. The van der Waals surface area contributed by atoms with Crippen LogP contribution in [0, 0.1) is 6.92 Å². The average Bonchev–Trinajstić information content (AvgIpc) is 2.60. The van der Waals surface area contributed by atoms with E-state index in [1.165, 1.54) is 11.3 Å². The minimum absolute atomic E-state index is 0.679. The first-order valence-electron chi connectivity index (χ1n) is 4.82. The molecule has 2 aromatic heterocycles. The summed E-state index contributed by atoms with van der Waals surface area (Å²) in [6.45, 7) is 4.02. The number of thiazole rings is 1. The Bertz CT molecular complexity index is 507. The summed E-state index contributed by atoms with van der Waals surface area (Å²) >= 11 is 1.49. The smallest absolute Gasteiger partial charge is 0.183 e. The zero-order chi connectivity index (χ0) is 10.8. The van der Waals surface area contributed by atoms with E-state index >= 15 is 0 Å². The van der Waals surface area contributed by atoms with Crippen LogP contribution in [0.3, 0.4) is 0 Å². The first-order chi connectivity index (χ1) is 7.20. The van der Waals surface area contributed by atoms with E-state index in [1.54, 1.807) is 6.20 Å². The molecule has 0 unspecified atom stereocenters. The third kappa shape index (κ3) is 2.23. The molecule has 0 saturated heterocycles. The average molecular weight is 240 g/mol. The van der Waals surface area contributed by atoms with Gasteiger partial charge in [0.25, 0.3) is 0 Å². The Kier molecular flexibility index (Phi) is 3.11. The normalized spacial score (nSPS) is 13.2. The van der Waals surface area contributed by atoms with Gasteiger partial charge in [0.15, 0.2) is 9.99 Å². The van der Waals surface area contributed by atoms with Crippen molar-refractivity contribution in [2.75, 3.05) is 5.75 Å². The number of rotatable bonds is 3. The predicted octanol–water partition coefficient (Wildman–Crippen LogP) is 2.52. The zero-order valence-corrected chi connectivity index (χ0v) is 10.3. The molecule has 0 aliphatic heterocycles. The van der Waals surface area contributed by atoms with Gasteiger partial charge in [-0.1, -0.05) is 6.92 Å². The second kappa shape index (κ2) is 4.37. The van der Waals surface area contributed by atoms with Gasteiger partial charge in [-0.25, -0.2) is 9.97 Å². The van der Waals surface area contributed by atoms with E-state index in [1.807, 2.05) is 19.9 Å². The zero-order valence-electron chi connectivity index (χ0n) is 8.69. The Labute approximate surface area is 95.0 Å². The molecule has 0 aliphatic carbocycles. The van der Waals surface area contributed by atoms with Gasteiger partial charge in [-0.2, -0.15) is 0 Å². The van der Waals surface area contributed by atoms with Crippen molar-refractivity contribution in [2.45, 2.75) is 24.6 Å². The predicted molar refractivity (Wildman–Crippen MR) is 63.7 cm³/mol. The van der Waals surface area contributed by atoms with Crippen LogP contribution < -0.4 is 0 Å². The second-order valence-corrected chi connectivity index (χ2v) is 6.14. The van der Waals surface area contributed by atoms with Crippen LogP contribution in [0.15, 0.2) is 16.6 Å². The molecule has 0 saturated carbocycles. The lowest BCUT2D eigenvalue weighted by Crippen LogP contribution is -1.95. The number of fused-ring (bicyclic) bond motifs is 1. The highest BCUT2D eigenvalue weighted by molar-refractivity contribution is 7.87. The molecule has 0 radical (unpaired) electrons. The van der Waals surface area contributed by atoms with E-state index in [0.29, 0.717) is 15.7 Å². The molecule has 0 bridgehead atoms. The number of hydrogen-bond acceptors (Lipinski definition) is 4. The van der Waals surface area contributed by atoms with Crippen molar-refractivity contribution in [3.8, 4) is 0 Å². The molecule has 0 aromatic carbocycles. The lowest BCUT2D eigenvalue weighted by molar-refractivity contribution is 0.681. The molecular weight excluding hydrogens is 228 g/mol. The number of nitrogens with zero attached hydrogens (tertiary/aromatic N) is 2. The van der Waals surface area contributed by atoms with Crippen LogP contribution in [-0.2, 0) is 10.8 Å². The minimum Gasteiger partial charge on any atom is -0.252 e. The molecule has 0 N–H and O–H groups in total. The molecule has 0 amide bonds. The molecular formula is C10H12N2OS2. The van der Waals surface area contributed by atoms with Gasteiger partial charge in [0.2, 0.25) is 0 Å². The summed E-state index contributed by atoms with van der Waals surface area (Å²) < 4.78 is 13.5. The molecule has 1 atom stereocenters. The highest BCUT2D eigenvalue weighted by Crippen LogP contribution is 2.23. The fourth-order valence-corrected chi connectivity index (χ4v) is 3.65. The van der Waals surface area contributed by atoms with Crippen molar-refractivity contribution in [3.05, 3.63) is 17.8 Å². The monoisotopic (exact) mass is 240 g/mol. The van der Waals surface area contributed by atoms with E-state index in [-0.39, 0.29) is 0 Å². The molecule has 0 fully saturated rings. The number of hydrogen-bond donors (Lipinski definition) is 0. The van der Waals surface area contributed by atoms with Crippen molar-refractivity contribution in [3.63, 3.8) is 0 Å². The van der Waals surface area contributed by atoms with Crippen LogP contribution in [0.4, 0.5) is 0 Å². The van der Waals surface area contributed by atoms with E-state index in [2.05, 4.69) is 9.97 Å². The van der Waals surface area contributed by atoms with Crippen LogP contribution >= 0.6 is 11.3 Å². The summed E-state index contributed by atoms with van der Waals surface area (Å²) in [5.74, 6) is 0.679. The second-order valence-electron chi connectivity index (χ2n) is 3.36. The SMILES string of the molecule is CCC[S@@](=O)c1nc2ncc(C)cc2s1. The lowest BCUT2D eigenvalue weighted by Gasteiger charge is -1.91. The molecule has 15 heavy (non-hydrogen) atoms. The maximum absolute atomic E-state index is 11.7. The van der Waals surface area contributed by atoms with Crippen molar-refractivity contribution in [1.82, 2.24) is 9.97 Å². The highest BCUT2D eigenvalue weighted by atomic mass is 32.2. The van der Waals surface area contributed by atoms with Crippen molar-refractivity contribution in [1.29, 1.82) is 0 Å². The first-order valence-corrected chi connectivity index (χ1v) is 6.96. The van der Waals surface area contributed by atoms with E-state index in [4.69, 9.17) is 0 Å². The van der Waals surface area contributed by atoms with Crippen LogP contribution in [0.1, 0.15) is 18.9 Å². The molecule has 2 heterocycles. The standard InChI is InChI=1S/C10H12N2OS2/c1-3-4-15(13)10-12-9-8(14-10)5-7(2)6-11-9/h5-6H,3-4H2,1-2H3/t15-/m1/s1. The van der Waals surface area contributed by atoms with Crippen molar-refractivity contribution >= 4 is 32.5 Å². The summed E-state index contributed by atoms with van der Waals surface area (Å²) in [5.41, 5.74) is 1.82. The quantitative estimate of drug-likeness (QED) is 0.828. The van der Waals surface area contributed by atoms with Crippen molar-refractivity contribution < 1.29 is 4.21 Å². The Hall–Kier alpha value is -0.810. The van der Waals surface area contributed by atoms with Gasteiger partial charge in [0.1, 0.15) is 0 Å². The molecule has 5 heteroatoms. The fraction of sp³-hybridized carbons (Fsp3) is 0.400. The largest absolute Gasteiger partial charge is 0.252 e. The van der Waals surface area contributed by atoms with Crippen LogP contribution in [-0.4, -0.2) is 19.9 Å². The summed E-state index contributed by atoms with van der Waals surface area (Å²) in [7, 11) is -0.955. The number of aromatic nitrogens is 2. The van der Waals surface area contributed by atoms with Gasteiger partial charge in [-0.3, -0.25) is 4.21 Å². The Morgan fingerprint density at radius 3 is 3.07 bits per heavy atom. The Morgan fingerprint density at radius 2 is 2.33 bits per heavy atom. The maximum Gasteiger partial charge on any atom is 0.183 e. The van der Waals surface area contributed by atoms with Gasteiger partial charge in [0, 0.05) is 11.9 Å². The minimum atomic E-state index is -0.955. The molecule has 3 nitrogen and oxygen atoms in total. The lowest BCUT2D eigenvalue weighted by atomic mass is 10.3. The number of pyridine rings is 1. The van der Waals surface area contributed by atoms with Crippen LogP contribution in [0.5, 0.6) is 0 Å². The van der Waals surface area contributed by atoms with E-state index in [9.17, 15) is 4.21 Å². The van der Waals surface area contributed by atoms with Crippen molar-refractivity contribution in [2.24, 2.45) is 0 Å². The van der Waals surface area contributed by atoms with Crippen LogP contribution in [0.25, 0.3) is 10.3 Å². The maximum atomic E-state index is 11.7. The van der Waals surface area contributed by atoms with Gasteiger partial charge < -0.3 is 0 Å². The highest BCUT2D eigenvalue weighted by Gasteiger charge is 2.10. The fourth-order valence-electron chi connectivity index (χ4n) is 1.27. The number of aryl methyl sites for hydroxylation is 1. The van der Waals surface area contributed by atoms with E-state index in [0.717, 1.165) is 16.7 Å². The first kappa shape index (κ1) is 10.7. The summed E-state index contributed by atoms with van der Waals surface area (Å²) in [5, 5.41) is 0. The summed E-state index contributed by atoms with van der Waals surface area (Å²) in [6, 6.07) is 2.03. The molecule has 80 valence electrons.